The second-order valence-corrected chi connectivity index (χ2v) is 6.57. The maximum absolute atomic E-state index is 13.1. The second-order valence-electron chi connectivity index (χ2n) is 6.57. The summed E-state index contributed by atoms with van der Waals surface area (Å²) in [6.45, 7) is 5.82. The molecule has 2 aromatic carbocycles. The molecule has 1 aliphatic heterocycles. The van der Waals surface area contributed by atoms with Gasteiger partial charge in [-0.05, 0) is 41.8 Å². The van der Waals surface area contributed by atoms with Crippen LogP contribution >= 0.6 is 12.4 Å². The van der Waals surface area contributed by atoms with Crippen molar-refractivity contribution >= 4 is 29.9 Å². The first-order valence-corrected chi connectivity index (χ1v) is 9.06. The third-order valence-electron chi connectivity index (χ3n) is 4.73. The van der Waals surface area contributed by atoms with Crippen LogP contribution in [0.2, 0.25) is 0 Å². The van der Waals surface area contributed by atoms with Crippen molar-refractivity contribution in [3.8, 4) is 0 Å². The summed E-state index contributed by atoms with van der Waals surface area (Å²) in [6, 6.07) is 15.6. The molecule has 6 heteroatoms. The molecular weight excluding hydrogens is 362 g/mol. The van der Waals surface area contributed by atoms with E-state index in [1.54, 1.807) is 24.3 Å². The first-order valence-electron chi connectivity index (χ1n) is 9.06. The van der Waals surface area contributed by atoms with E-state index in [1.807, 2.05) is 4.90 Å². The number of piperazine rings is 1. The van der Waals surface area contributed by atoms with E-state index in [-0.39, 0.29) is 30.3 Å². The highest BCUT2D eigenvalue weighted by atomic mass is 35.5. The predicted octanol–water partition coefficient (Wildman–Crippen LogP) is 3.42. The number of rotatable bonds is 4. The Balaban J connectivity index is 0.00000261. The van der Waals surface area contributed by atoms with E-state index in [4.69, 9.17) is 0 Å². The maximum Gasteiger partial charge on any atom is 0.254 e. The van der Waals surface area contributed by atoms with E-state index >= 15 is 0 Å². The molecule has 0 saturated carbocycles. The average molecular weight is 388 g/mol. The number of carbonyl (C=O) groups is 2. The largest absolute Gasteiger partial charge is 0.329 e. The molecule has 2 aromatic rings. The molecule has 0 bridgehead atoms. The van der Waals surface area contributed by atoms with E-state index in [1.165, 1.54) is 12.5 Å². The number of hydrogen-bond acceptors (Lipinski definition) is 3. The molecule has 3 rings (SSSR count). The van der Waals surface area contributed by atoms with Crippen molar-refractivity contribution in [3.05, 3.63) is 65.2 Å². The van der Waals surface area contributed by atoms with Gasteiger partial charge in [0.05, 0.1) is 6.04 Å². The highest BCUT2D eigenvalue weighted by Gasteiger charge is 2.28. The van der Waals surface area contributed by atoms with Gasteiger partial charge in [0, 0.05) is 37.8 Å². The van der Waals surface area contributed by atoms with Gasteiger partial charge in [0.1, 0.15) is 0 Å². The Morgan fingerprint density at radius 1 is 1.11 bits per heavy atom. The molecule has 144 valence electrons. The summed E-state index contributed by atoms with van der Waals surface area (Å²) < 4.78 is 0. The average Bonchev–Trinajstić information content (AvgIpc) is 2.68. The minimum atomic E-state index is -0.123. The summed E-state index contributed by atoms with van der Waals surface area (Å²) in [5.74, 6) is -0.104. The Morgan fingerprint density at radius 2 is 1.78 bits per heavy atom. The van der Waals surface area contributed by atoms with Crippen molar-refractivity contribution in [1.82, 2.24) is 10.2 Å². The molecule has 1 atom stereocenters. The minimum absolute atomic E-state index is 0. The topological polar surface area (TPSA) is 61.4 Å². The van der Waals surface area contributed by atoms with Crippen LogP contribution in [-0.2, 0) is 11.2 Å². The van der Waals surface area contributed by atoms with Gasteiger partial charge < -0.3 is 15.5 Å². The maximum atomic E-state index is 13.1. The lowest BCUT2D eigenvalue weighted by molar-refractivity contribution is -0.114. The summed E-state index contributed by atoms with van der Waals surface area (Å²) in [5.41, 5.74) is 3.78. The fourth-order valence-electron chi connectivity index (χ4n) is 3.29. The SMILES string of the molecule is CCc1ccc(C2CNCCN2C(=O)c2ccc(NC(C)=O)cc2)cc1.Cl. The summed E-state index contributed by atoms with van der Waals surface area (Å²) in [6.07, 6.45) is 1.01. The van der Waals surface area contributed by atoms with Crippen LogP contribution in [0, 0.1) is 0 Å². The molecule has 2 amide bonds. The second kappa shape index (κ2) is 9.53. The molecule has 1 heterocycles. The molecule has 0 radical (unpaired) electrons. The first-order chi connectivity index (χ1) is 12.6. The number of amides is 2. The molecule has 1 fully saturated rings. The van der Waals surface area contributed by atoms with Crippen molar-refractivity contribution in [2.45, 2.75) is 26.3 Å². The monoisotopic (exact) mass is 387 g/mol. The van der Waals surface area contributed by atoms with E-state index in [0.717, 1.165) is 25.1 Å². The minimum Gasteiger partial charge on any atom is -0.329 e. The van der Waals surface area contributed by atoms with E-state index in [0.29, 0.717) is 17.8 Å². The van der Waals surface area contributed by atoms with Crippen LogP contribution in [0.25, 0.3) is 0 Å². The van der Waals surface area contributed by atoms with Gasteiger partial charge in [0.15, 0.2) is 0 Å². The van der Waals surface area contributed by atoms with Crippen LogP contribution in [0.4, 0.5) is 5.69 Å². The van der Waals surface area contributed by atoms with Crippen LogP contribution in [0.5, 0.6) is 0 Å². The number of anilines is 1. The Hall–Kier alpha value is -2.37. The number of aryl methyl sites for hydroxylation is 1. The standard InChI is InChI=1S/C21H25N3O2.ClH/c1-3-16-4-6-17(7-5-16)20-14-22-12-13-24(20)21(26)18-8-10-19(11-9-18)23-15(2)25;/h4-11,20,22H,3,12-14H2,1-2H3,(H,23,25);1H. The number of benzene rings is 2. The molecule has 5 nitrogen and oxygen atoms in total. The van der Waals surface area contributed by atoms with Gasteiger partial charge in [0.25, 0.3) is 5.91 Å². The van der Waals surface area contributed by atoms with Gasteiger partial charge in [-0.15, -0.1) is 12.4 Å². The van der Waals surface area contributed by atoms with Gasteiger partial charge in [-0.1, -0.05) is 31.2 Å². The van der Waals surface area contributed by atoms with Crippen molar-refractivity contribution < 1.29 is 9.59 Å². The van der Waals surface area contributed by atoms with E-state index in [2.05, 4.69) is 41.8 Å². The number of carbonyl (C=O) groups excluding carboxylic acids is 2. The van der Waals surface area contributed by atoms with Crippen LogP contribution in [-0.4, -0.2) is 36.3 Å². The van der Waals surface area contributed by atoms with Crippen LogP contribution in [0.1, 0.15) is 41.4 Å². The van der Waals surface area contributed by atoms with Gasteiger partial charge in [-0.25, -0.2) is 0 Å². The molecule has 0 aromatic heterocycles. The van der Waals surface area contributed by atoms with Gasteiger partial charge in [-0.2, -0.15) is 0 Å². The fourth-order valence-corrected chi connectivity index (χ4v) is 3.29. The summed E-state index contributed by atoms with van der Waals surface area (Å²) in [4.78, 5) is 26.1. The highest BCUT2D eigenvalue weighted by Crippen LogP contribution is 2.25. The third-order valence-corrected chi connectivity index (χ3v) is 4.73. The summed E-state index contributed by atoms with van der Waals surface area (Å²) in [5, 5.41) is 6.11. The Morgan fingerprint density at radius 3 is 2.37 bits per heavy atom. The Bertz CT molecular complexity index is 775. The van der Waals surface area contributed by atoms with E-state index < -0.39 is 0 Å². The van der Waals surface area contributed by atoms with Gasteiger partial charge >= 0.3 is 0 Å². The zero-order valence-electron chi connectivity index (χ0n) is 15.7. The third kappa shape index (κ3) is 5.08. The van der Waals surface area contributed by atoms with Crippen molar-refractivity contribution in [2.75, 3.05) is 25.0 Å². The molecule has 1 saturated heterocycles. The van der Waals surface area contributed by atoms with Crippen molar-refractivity contribution in [3.63, 3.8) is 0 Å². The first kappa shape index (κ1) is 20.9. The van der Waals surface area contributed by atoms with Crippen molar-refractivity contribution in [2.24, 2.45) is 0 Å². The molecule has 0 spiro atoms. The Kier molecular flexibility index (Phi) is 7.39. The van der Waals surface area contributed by atoms with Crippen molar-refractivity contribution in [1.29, 1.82) is 0 Å². The number of nitrogens with zero attached hydrogens (tertiary/aromatic N) is 1. The molecule has 27 heavy (non-hydrogen) atoms. The molecule has 1 unspecified atom stereocenters. The summed E-state index contributed by atoms with van der Waals surface area (Å²) in [7, 11) is 0. The van der Waals surface area contributed by atoms with Crippen LogP contribution in [0.3, 0.4) is 0 Å². The van der Waals surface area contributed by atoms with E-state index in [9.17, 15) is 9.59 Å². The lowest BCUT2D eigenvalue weighted by Gasteiger charge is -2.36. The number of halogens is 1. The fraction of sp³-hybridized carbons (Fsp3) is 0.333. The smallest absolute Gasteiger partial charge is 0.254 e. The zero-order chi connectivity index (χ0) is 18.5. The lowest BCUT2D eigenvalue weighted by atomic mass is 10.00. The predicted molar refractivity (Wildman–Crippen MR) is 110 cm³/mol. The zero-order valence-corrected chi connectivity index (χ0v) is 16.5. The van der Waals surface area contributed by atoms with Gasteiger partial charge in [0.2, 0.25) is 5.91 Å². The van der Waals surface area contributed by atoms with Crippen LogP contribution in [0.15, 0.2) is 48.5 Å². The molecule has 0 aliphatic carbocycles. The normalized spacial score (nSPS) is 16.4. The molecular formula is C21H26ClN3O2. The lowest BCUT2D eigenvalue weighted by Crippen LogP contribution is -2.48. The Labute approximate surface area is 166 Å². The summed E-state index contributed by atoms with van der Waals surface area (Å²) >= 11 is 0. The molecule has 2 N–H and O–H groups in total. The number of nitrogens with one attached hydrogen (secondary N) is 2. The number of hydrogen-bond donors (Lipinski definition) is 2. The van der Waals surface area contributed by atoms with Crippen LogP contribution < -0.4 is 10.6 Å². The highest BCUT2D eigenvalue weighted by molar-refractivity contribution is 5.95. The molecule has 1 aliphatic rings. The quantitative estimate of drug-likeness (QED) is 0.845. The van der Waals surface area contributed by atoms with Gasteiger partial charge in [-0.3, -0.25) is 9.59 Å².